The summed E-state index contributed by atoms with van der Waals surface area (Å²) < 4.78 is 27.6. The fourth-order valence-electron chi connectivity index (χ4n) is 2.38. The summed E-state index contributed by atoms with van der Waals surface area (Å²) in [6.07, 6.45) is 2.93. The number of nitrogens with zero attached hydrogens (tertiary/aromatic N) is 1. The van der Waals surface area contributed by atoms with Crippen molar-refractivity contribution in [3.63, 3.8) is 0 Å². The monoisotopic (exact) mass is 317 g/mol. The van der Waals surface area contributed by atoms with E-state index in [1.54, 1.807) is 12.3 Å². The van der Waals surface area contributed by atoms with Gasteiger partial charge in [0.1, 0.15) is 4.90 Å². The topological polar surface area (TPSA) is 71.1 Å². The van der Waals surface area contributed by atoms with Crippen molar-refractivity contribution in [2.45, 2.75) is 10.9 Å². The predicted molar refractivity (Wildman–Crippen MR) is 65.9 cm³/mol. The molecule has 0 radical (unpaired) electrons. The van der Waals surface area contributed by atoms with Gasteiger partial charge in [-0.05, 0) is 46.9 Å². The van der Waals surface area contributed by atoms with Crippen LogP contribution in [0, 0.1) is 11.8 Å². The van der Waals surface area contributed by atoms with Crippen LogP contribution in [-0.2, 0) is 10.0 Å². The molecule has 2 aliphatic rings. The van der Waals surface area contributed by atoms with Gasteiger partial charge in [-0.1, -0.05) is 0 Å². The van der Waals surface area contributed by atoms with Gasteiger partial charge in [0.2, 0.25) is 10.0 Å². The molecule has 1 saturated carbocycles. The zero-order valence-corrected chi connectivity index (χ0v) is 11.3. The van der Waals surface area contributed by atoms with Crippen LogP contribution in [0.1, 0.15) is 0 Å². The molecule has 0 amide bonds. The van der Waals surface area contributed by atoms with E-state index < -0.39 is 10.0 Å². The Morgan fingerprint density at radius 2 is 2.06 bits per heavy atom. The number of fused-ring (bicyclic) bond motifs is 1. The number of pyridine rings is 1. The number of rotatable bonds is 3. The number of hydrogen-bond donors (Lipinski definition) is 2. The summed E-state index contributed by atoms with van der Waals surface area (Å²) >= 11 is 3.22. The first-order valence-corrected chi connectivity index (χ1v) is 7.69. The SMILES string of the molecule is O=S(=O)(NC1C2CNCC21)c1cncc(Br)c1. The number of sulfonamides is 1. The number of aromatic nitrogens is 1. The maximum absolute atomic E-state index is 12.1. The van der Waals surface area contributed by atoms with Gasteiger partial charge in [0.15, 0.2) is 0 Å². The molecule has 7 heteroatoms. The van der Waals surface area contributed by atoms with E-state index >= 15 is 0 Å². The maximum atomic E-state index is 12.1. The lowest BCUT2D eigenvalue weighted by molar-refractivity contribution is 0.565. The Hall–Kier alpha value is -0.500. The Balaban J connectivity index is 1.78. The molecule has 1 aliphatic heterocycles. The molecule has 1 aliphatic carbocycles. The summed E-state index contributed by atoms with van der Waals surface area (Å²) in [4.78, 5) is 4.08. The van der Waals surface area contributed by atoms with Crippen LogP contribution in [0.4, 0.5) is 0 Å². The number of hydrogen-bond acceptors (Lipinski definition) is 4. The van der Waals surface area contributed by atoms with E-state index in [2.05, 4.69) is 31.0 Å². The Bertz CT molecular complexity index is 538. The molecular formula is C10H12BrN3O2S. The first-order valence-electron chi connectivity index (χ1n) is 5.41. The van der Waals surface area contributed by atoms with Crippen LogP contribution in [0.5, 0.6) is 0 Å². The Morgan fingerprint density at radius 3 is 2.71 bits per heavy atom. The van der Waals surface area contributed by atoms with E-state index in [9.17, 15) is 8.42 Å². The third kappa shape index (κ3) is 2.12. The van der Waals surface area contributed by atoms with Crippen LogP contribution >= 0.6 is 15.9 Å². The van der Waals surface area contributed by atoms with Crippen molar-refractivity contribution in [1.82, 2.24) is 15.0 Å². The molecule has 2 N–H and O–H groups in total. The average molecular weight is 318 g/mol. The van der Waals surface area contributed by atoms with Crippen molar-refractivity contribution in [3.8, 4) is 0 Å². The van der Waals surface area contributed by atoms with Crippen molar-refractivity contribution in [2.24, 2.45) is 11.8 Å². The van der Waals surface area contributed by atoms with Crippen molar-refractivity contribution in [2.75, 3.05) is 13.1 Å². The molecule has 2 fully saturated rings. The smallest absolute Gasteiger partial charge is 0.242 e. The highest BCUT2D eigenvalue weighted by atomic mass is 79.9. The van der Waals surface area contributed by atoms with Crippen LogP contribution in [0.3, 0.4) is 0 Å². The normalized spacial score (nSPS) is 31.2. The lowest BCUT2D eigenvalue weighted by Crippen LogP contribution is -2.32. The molecule has 1 saturated heterocycles. The van der Waals surface area contributed by atoms with Gasteiger partial charge < -0.3 is 5.32 Å². The summed E-state index contributed by atoms with van der Waals surface area (Å²) in [5.74, 6) is 0.926. The van der Waals surface area contributed by atoms with E-state index in [4.69, 9.17) is 0 Å². The van der Waals surface area contributed by atoms with Gasteiger partial charge in [-0.15, -0.1) is 0 Å². The molecule has 1 aromatic heterocycles. The average Bonchev–Trinajstić information content (AvgIpc) is 2.75. The summed E-state index contributed by atoms with van der Waals surface area (Å²) in [5, 5.41) is 3.23. The van der Waals surface area contributed by atoms with Gasteiger partial charge in [-0.25, -0.2) is 13.1 Å². The second kappa shape index (κ2) is 4.01. The van der Waals surface area contributed by atoms with E-state index in [1.165, 1.54) is 6.20 Å². The highest BCUT2D eigenvalue weighted by Crippen LogP contribution is 2.42. The number of halogens is 1. The van der Waals surface area contributed by atoms with E-state index in [0.717, 1.165) is 13.1 Å². The molecule has 2 atom stereocenters. The minimum absolute atomic E-state index is 0.0974. The van der Waals surface area contributed by atoms with Gasteiger partial charge in [-0.2, -0.15) is 0 Å². The molecule has 0 aromatic carbocycles. The third-order valence-corrected chi connectivity index (χ3v) is 5.23. The molecule has 1 aromatic rings. The standard InChI is InChI=1S/C10H12BrN3O2S/c11-6-1-7(3-12-2-6)17(15,16)14-10-8-4-13-5-9(8)10/h1-3,8-10,13-14H,4-5H2. The predicted octanol–water partition coefficient (Wildman–Crippen LogP) is 0.340. The van der Waals surface area contributed by atoms with Crippen LogP contribution in [0.25, 0.3) is 0 Å². The summed E-state index contributed by atoms with van der Waals surface area (Å²) in [6, 6.07) is 1.66. The summed E-state index contributed by atoms with van der Waals surface area (Å²) in [6.45, 7) is 1.82. The number of nitrogens with one attached hydrogen (secondary N) is 2. The van der Waals surface area contributed by atoms with Crippen molar-refractivity contribution >= 4 is 26.0 Å². The van der Waals surface area contributed by atoms with Gasteiger partial charge in [0.05, 0.1) is 0 Å². The first-order chi connectivity index (χ1) is 8.08. The molecule has 5 nitrogen and oxygen atoms in total. The Kier molecular flexibility index (Phi) is 2.73. The fourth-order valence-corrected chi connectivity index (χ4v) is 4.22. The molecule has 92 valence electrons. The second-order valence-corrected chi connectivity index (χ2v) is 7.10. The zero-order valence-electron chi connectivity index (χ0n) is 8.93. The molecular weight excluding hydrogens is 306 g/mol. The minimum Gasteiger partial charge on any atom is -0.316 e. The van der Waals surface area contributed by atoms with Gasteiger partial charge in [-0.3, -0.25) is 4.98 Å². The van der Waals surface area contributed by atoms with Crippen LogP contribution in [0.15, 0.2) is 27.8 Å². The number of piperidine rings is 1. The highest BCUT2D eigenvalue weighted by molar-refractivity contribution is 9.10. The summed E-state index contributed by atoms with van der Waals surface area (Å²) in [7, 11) is -3.43. The van der Waals surface area contributed by atoms with E-state index in [-0.39, 0.29) is 10.9 Å². The Labute approximate surface area is 108 Å². The molecule has 2 heterocycles. The molecule has 0 bridgehead atoms. The van der Waals surface area contributed by atoms with E-state index in [0.29, 0.717) is 16.3 Å². The van der Waals surface area contributed by atoms with Gasteiger partial charge >= 0.3 is 0 Å². The van der Waals surface area contributed by atoms with E-state index in [1.807, 2.05) is 0 Å². The molecule has 3 rings (SSSR count). The first kappa shape index (κ1) is 11.6. The largest absolute Gasteiger partial charge is 0.316 e. The fraction of sp³-hybridized carbons (Fsp3) is 0.500. The van der Waals surface area contributed by atoms with Crippen LogP contribution in [-0.4, -0.2) is 32.5 Å². The molecule has 17 heavy (non-hydrogen) atoms. The van der Waals surface area contributed by atoms with Crippen molar-refractivity contribution in [3.05, 3.63) is 22.9 Å². The quantitative estimate of drug-likeness (QED) is 0.843. The minimum atomic E-state index is -3.43. The molecule has 0 spiro atoms. The van der Waals surface area contributed by atoms with Crippen LogP contribution in [0.2, 0.25) is 0 Å². The Morgan fingerprint density at radius 1 is 1.35 bits per heavy atom. The van der Waals surface area contributed by atoms with Crippen molar-refractivity contribution < 1.29 is 8.42 Å². The maximum Gasteiger partial charge on any atom is 0.242 e. The van der Waals surface area contributed by atoms with Gasteiger partial charge in [0.25, 0.3) is 0 Å². The molecule has 2 unspecified atom stereocenters. The zero-order chi connectivity index (χ0) is 12.0. The van der Waals surface area contributed by atoms with Gasteiger partial charge in [0, 0.05) is 22.9 Å². The summed E-state index contributed by atoms with van der Waals surface area (Å²) in [5.41, 5.74) is 0. The lowest BCUT2D eigenvalue weighted by atomic mass is 10.4. The third-order valence-electron chi connectivity index (χ3n) is 3.37. The van der Waals surface area contributed by atoms with Crippen LogP contribution < -0.4 is 10.0 Å². The lowest BCUT2D eigenvalue weighted by Gasteiger charge is -2.08. The highest BCUT2D eigenvalue weighted by Gasteiger charge is 2.54. The van der Waals surface area contributed by atoms with Crippen molar-refractivity contribution in [1.29, 1.82) is 0 Å². The second-order valence-electron chi connectivity index (χ2n) is 4.47.